The zero-order valence-corrected chi connectivity index (χ0v) is 19.1. The first-order valence-electron chi connectivity index (χ1n) is 10.6. The van der Waals surface area contributed by atoms with Crippen molar-refractivity contribution in [2.45, 2.75) is 37.2 Å². The summed E-state index contributed by atoms with van der Waals surface area (Å²) < 4.78 is 7.19. The number of ether oxygens (including phenoxy) is 1. The van der Waals surface area contributed by atoms with Crippen LogP contribution in [0.1, 0.15) is 36.6 Å². The van der Waals surface area contributed by atoms with Gasteiger partial charge in [-0.25, -0.2) is 9.48 Å². The predicted octanol–water partition coefficient (Wildman–Crippen LogP) is 5.15. The van der Waals surface area contributed by atoms with Gasteiger partial charge in [0.2, 0.25) is 11.1 Å². The molecule has 0 fully saturated rings. The van der Waals surface area contributed by atoms with Gasteiger partial charge in [-0.15, -0.1) is 5.10 Å². The molecule has 7 heteroatoms. The topological polar surface area (TPSA) is 69.0 Å². The molecule has 1 aliphatic rings. The Hall–Kier alpha value is -3.32. The number of aromatic nitrogens is 3. The van der Waals surface area contributed by atoms with Crippen molar-refractivity contribution in [1.29, 1.82) is 0 Å². The van der Waals surface area contributed by atoms with E-state index in [-0.39, 0.29) is 12.6 Å². The molecule has 0 spiro atoms. The lowest BCUT2D eigenvalue weighted by molar-refractivity contribution is -0.138. The fourth-order valence-electron chi connectivity index (χ4n) is 3.64. The summed E-state index contributed by atoms with van der Waals surface area (Å²) in [6.07, 6.45) is 2.51. The monoisotopic (exact) mass is 446 g/mol. The van der Waals surface area contributed by atoms with Gasteiger partial charge < -0.3 is 10.1 Å². The van der Waals surface area contributed by atoms with E-state index in [1.807, 2.05) is 37.3 Å². The van der Waals surface area contributed by atoms with Crippen molar-refractivity contribution in [1.82, 2.24) is 14.8 Å². The molecule has 6 nitrogen and oxygen atoms in total. The third kappa shape index (κ3) is 4.62. The van der Waals surface area contributed by atoms with Gasteiger partial charge in [0.05, 0.1) is 5.57 Å². The van der Waals surface area contributed by atoms with Crippen LogP contribution < -0.4 is 5.32 Å². The van der Waals surface area contributed by atoms with E-state index in [2.05, 4.69) is 48.1 Å². The Morgan fingerprint density at radius 1 is 1.19 bits per heavy atom. The summed E-state index contributed by atoms with van der Waals surface area (Å²) >= 11 is 1.56. The minimum absolute atomic E-state index is 0.152. The number of allylic oxidation sites excluding steroid dienone is 1. The van der Waals surface area contributed by atoms with Crippen molar-refractivity contribution in [3.63, 3.8) is 0 Å². The van der Waals surface area contributed by atoms with Gasteiger partial charge in [-0.3, -0.25) is 0 Å². The minimum atomic E-state index is -0.423. The standard InChI is InChI=1S/C25H26N4O2S/c1-4-15-31-23(30)21-17(3)26-24-27-25(32-16-19-9-7-6-8-10-19)28-29(24)22(21)20-13-11-18(5-2)12-14-20/h4,6-14,22H,1,5,15-16H2,2-3H3,(H,26,27,28)/t22-/m0/s1. The van der Waals surface area contributed by atoms with Crippen molar-refractivity contribution in [2.75, 3.05) is 11.9 Å². The molecule has 1 aromatic heterocycles. The number of carbonyl (C=O) groups excluding carboxylic acids is 1. The SMILES string of the molecule is C=CCOC(=O)C1=C(C)Nc2nc(SCc3ccccc3)nn2[C@H]1c1ccc(CC)cc1. The Kier molecular flexibility index (Phi) is 6.75. The maximum Gasteiger partial charge on any atom is 0.338 e. The van der Waals surface area contributed by atoms with Crippen LogP contribution in [0.3, 0.4) is 0 Å². The average Bonchev–Trinajstić information content (AvgIpc) is 3.23. The highest BCUT2D eigenvalue weighted by molar-refractivity contribution is 7.98. The van der Waals surface area contributed by atoms with Crippen molar-refractivity contribution in [2.24, 2.45) is 0 Å². The Morgan fingerprint density at radius 2 is 1.94 bits per heavy atom. The fraction of sp³-hybridized carbons (Fsp3) is 0.240. The second kappa shape index (κ2) is 9.87. The highest BCUT2D eigenvalue weighted by Crippen LogP contribution is 2.37. The Labute approximate surface area is 192 Å². The molecule has 3 aromatic rings. The first-order valence-corrected chi connectivity index (χ1v) is 11.6. The quantitative estimate of drug-likeness (QED) is 0.293. The number of hydrogen-bond donors (Lipinski definition) is 1. The first-order chi connectivity index (χ1) is 15.6. The average molecular weight is 447 g/mol. The second-order valence-electron chi connectivity index (χ2n) is 7.49. The van der Waals surface area contributed by atoms with Gasteiger partial charge in [-0.1, -0.05) is 85.9 Å². The molecule has 32 heavy (non-hydrogen) atoms. The van der Waals surface area contributed by atoms with E-state index in [4.69, 9.17) is 9.84 Å². The number of anilines is 1. The number of nitrogens with one attached hydrogen (secondary N) is 1. The Balaban J connectivity index is 1.69. The van der Waals surface area contributed by atoms with Crippen LogP contribution in [0.2, 0.25) is 0 Å². The number of hydrogen-bond acceptors (Lipinski definition) is 6. The number of fused-ring (bicyclic) bond motifs is 1. The molecular formula is C25H26N4O2S. The normalized spacial score (nSPS) is 15.1. The van der Waals surface area contributed by atoms with Crippen molar-refractivity contribution in [3.8, 4) is 0 Å². The lowest BCUT2D eigenvalue weighted by atomic mass is 9.95. The molecule has 0 aliphatic carbocycles. The maximum absolute atomic E-state index is 13.0. The number of aryl methyl sites for hydroxylation is 1. The predicted molar refractivity (Wildman–Crippen MR) is 127 cm³/mol. The summed E-state index contributed by atoms with van der Waals surface area (Å²) in [6, 6.07) is 18.0. The van der Waals surface area contributed by atoms with Gasteiger partial charge in [0.1, 0.15) is 12.6 Å². The largest absolute Gasteiger partial charge is 0.458 e. The summed E-state index contributed by atoms with van der Waals surface area (Å²) in [5.74, 6) is 0.989. The molecule has 0 saturated heterocycles. The van der Waals surface area contributed by atoms with Gasteiger partial charge in [0.15, 0.2) is 0 Å². The lowest BCUT2D eigenvalue weighted by Crippen LogP contribution is -2.29. The van der Waals surface area contributed by atoms with Crippen LogP contribution in [0.4, 0.5) is 5.95 Å². The third-order valence-corrected chi connectivity index (χ3v) is 6.21. The van der Waals surface area contributed by atoms with Crippen LogP contribution in [0.25, 0.3) is 0 Å². The summed E-state index contributed by atoms with van der Waals surface area (Å²) in [5.41, 5.74) is 4.63. The molecule has 0 bridgehead atoms. The number of nitrogens with zero attached hydrogens (tertiary/aromatic N) is 3. The van der Waals surface area contributed by atoms with Crippen LogP contribution in [0.5, 0.6) is 0 Å². The van der Waals surface area contributed by atoms with Gasteiger partial charge >= 0.3 is 5.97 Å². The van der Waals surface area contributed by atoms with E-state index in [0.29, 0.717) is 22.4 Å². The van der Waals surface area contributed by atoms with Gasteiger partial charge in [0.25, 0.3) is 0 Å². The molecule has 4 rings (SSSR count). The first kappa shape index (κ1) is 21.9. The molecule has 1 N–H and O–H groups in total. The number of thioether (sulfide) groups is 1. The van der Waals surface area contributed by atoms with Crippen molar-refractivity contribution >= 4 is 23.7 Å². The lowest BCUT2D eigenvalue weighted by Gasteiger charge is -2.28. The van der Waals surface area contributed by atoms with Crippen LogP contribution >= 0.6 is 11.8 Å². The summed E-state index contributed by atoms with van der Waals surface area (Å²) in [5, 5.41) is 8.65. The molecular weight excluding hydrogens is 420 g/mol. The van der Waals surface area contributed by atoms with Gasteiger partial charge in [-0.05, 0) is 30.0 Å². The van der Waals surface area contributed by atoms with Crippen molar-refractivity contribution < 1.29 is 9.53 Å². The second-order valence-corrected chi connectivity index (χ2v) is 8.43. The van der Waals surface area contributed by atoms with Crippen LogP contribution in [0, 0.1) is 0 Å². The highest BCUT2D eigenvalue weighted by atomic mass is 32.2. The molecule has 1 atom stereocenters. The Morgan fingerprint density at radius 3 is 2.62 bits per heavy atom. The van der Waals surface area contributed by atoms with Crippen LogP contribution in [-0.4, -0.2) is 27.3 Å². The van der Waals surface area contributed by atoms with E-state index < -0.39 is 6.04 Å². The van der Waals surface area contributed by atoms with E-state index in [1.54, 1.807) is 22.5 Å². The van der Waals surface area contributed by atoms with Gasteiger partial charge in [0, 0.05) is 11.4 Å². The molecule has 1 aliphatic heterocycles. The van der Waals surface area contributed by atoms with Crippen LogP contribution in [0.15, 0.2) is 83.7 Å². The smallest absolute Gasteiger partial charge is 0.338 e. The Bertz CT molecular complexity index is 1140. The summed E-state index contributed by atoms with van der Waals surface area (Å²) in [7, 11) is 0. The zero-order valence-electron chi connectivity index (χ0n) is 18.2. The van der Waals surface area contributed by atoms with E-state index >= 15 is 0 Å². The molecule has 2 aromatic carbocycles. The summed E-state index contributed by atoms with van der Waals surface area (Å²) in [6.45, 7) is 7.78. The fourth-order valence-corrected chi connectivity index (χ4v) is 4.42. The molecule has 0 unspecified atom stereocenters. The number of benzene rings is 2. The van der Waals surface area contributed by atoms with E-state index in [0.717, 1.165) is 17.7 Å². The molecule has 0 amide bonds. The maximum atomic E-state index is 13.0. The molecule has 0 saturated carbocycles. The minimum Gasteiger partial charge on any atom is -0.458 e. The molecule has 0 radical (unpaired) electrons. The number of rotatable bonds is 8. The van der Waals surface area contributed by atoms with Gasteiger partial charge in [-0.2, -0.15) is 4.98 Å². The number of esters is 1. The van der Waals surface area contributed by atoms with E-state index in [1.165, 1.54) is 11.1 Å². The number of carbonyl (C=O) groups is 1. The molecule has 164 valence electrons. The molecule has 2 heterocycles. The zero-order chi connectivity index (χ0) is 22.5. The van der Waals surface area contributed by atoms with Crippen LogP contribution in [-0.2, 0) is 21.7 Å². The van der Waals surface area contributed by atoms with Crippen molar-refractivity contribution in [3.05, 3.63) is 95.2 Å². The highest BCUT2D eigenvalue weighted by Gasteiger charge is 2.35. The van der Waals surface area contributed by atoms with E-state index in [9.17, 15) is 4.79 Å². The summed E-state index contributed by atoms with van der Waals surface area (Å²) in [4.78, 5) is 17.6. The third-order valence-electron chi connectivity index (χ3n) is 5.30.